The molecule has 1 heterocycles. The van der Waals surface area contributed by atoms with Crippen LogP contribution in [0.4, 0.5) is 0 Å². The van der Waals surface area contributed by atoms with E-state index >= 15 is 0 Å². The molecule has 0 unspecified atom stereocenters. The van der Waals surface area contributed by atoms with Crippen LogP contribution >= 0.6 is 11.3 Å². The Labute approximate surface area is 168 Å². The molecule has 3 aromatic rings. The molecule has 1 fully saturated rings. The van der Waals surface area contributed by atoms with Crippen LogP contribution in [0, 0.1) is 6.92 Å². The van der Waals surface area contributed by atoms with Crippen LogP contribution in [0.25, 0.3) is 11.1 Å². The molecule has 0 radical (unpaired) electrons. The first-order valence-corrected chi connectivity index (χ1v) is 10.2. The standard InChI is InChI=1S/C23H21NO3S/c1-15-7-9-16(10-8-15)19-13-14-28-21(19)23(26)27-20(17-5-3-2-4-6-17)22(25)24-18-11-12-18/h2-10,13-14,18,20H,11-12H2,1H3,(H,24,25)/t20-/m1/s1. The third-order valence-corrected chi connectivity index (χ3v) is 5.60. The number of esters is 1. The van der Waals surface area contributed by atoms with E-state index in [9.17, 15) is 9.59 Å². The zero-order valence-corrected chi connectivity index (χ0v) is 16.4. The van der Waals surface area contributed by atoms with E-state index in [1.165, 1.54) is 11.3 Å². The van der Waals surface area contributed by atoms with Crippen LogP contribution in [0.2, 0.25) is 0 Å². The van der Waals surface area contributed by atoms with E-state index in [1.54, 1.807) is 12.1 Å². The number of nitrogens with one attached hydrogen (secondary N) is 1. The largest absolute Gasteiger partial charge is 0.443 e. The van der Waals surface area contributed by atoms with E-state index in [0.717, 1.165) is 29.5 Å². The summed E-state index contributed by atoms with van der Waals surface area (Å²) >= 11 is 1.33. The third kappa shape index (κ3) is 4.15. The molecule has 5 heteroatoms. The molecule has 4 nitrogen and oxygen atoms in total. The number of amides is 1. The average molecular weight is 391 g/mol. The van der Waals surface area contributed by atoms with Crippen molar-refractivity contribution in [3.05, 3.63) is 82.0 Å². The summed E-state index contributed by atoms with van der Waals surface area (Å²) in [6, 6.07) is 19.3. The Balaban J connectivity index is 1.59. The molecule has 1 aliphatic carbocycles. The molecule has 1 saturated carbocycles. The van der Waals surface area contributed by atoms with Crippen molar-refractivity contribution in [2.24, 2.45) is 0 Å². The van der Waals surface area contributed by atoms with Crippen LogP contribution in [-0.2, 0) is 9.53 Å². The van der Waals surface area contributed by atoms with E-state index < -0.39 is 12.1 Å². The molecule has 2 aromatic carbocycles. The van der Waals surface area contributed by atoms with Gasteiger partial charge in [-0.2, -0.15) is 0 Å². The minimum Gasteiger partial charge on any atom is -0.443 e. The Bertz CT molecular complexity index is 975. The maximum atomic E-state index is 13.0. The Morgan fingerprint density at radius 3 is 2.43 bits per heavy atom. The number of carbonyl (C=O) groups excluding carboxylic acids is 2. The molecule has 1 aromatic heterocycles. The minimum atomic E-state index is -0.956. The lowest BCUT2D eigenvalue weighted by Gasteiger charge is -2.18. The van der Waals surface area contributed by atoms with Crippen LogP contribution < -0.4 is 5.32 Å². The van der Waals surface area contributed by atoms with Gasteiger partial charge in [0.25, 0.3) is 5.91 Å². The van der Waals surface area contributed by atoms with Gasteiger partial charge >= 0.3 is 5.97 Å². The molecular formula is C23H21NO3S. The highest BCUT2D eigenvalue weighted by Crippen LogP contribution is 2.31. The van der Waals surface area contributed by atoms with Gasteiger partial charge in [0.15, 0.2) is 0 Å². The van der Waals surface area contributed by atoms with E-state index in [4.69, 9.17) is 4.74 Å². The number of ether oxygens (including phenoxy) is 1. The number of carbonyl (C=O) groups is 2. The van der Waals surface area contributed by atoms with Gasteiger partial charge in [-0.05, 0) is 36.8 Å². The smallest absolute Gasteiger partial charge is 0.350 e. The number of hydrogen-bond acceptors (Lipinski definition) is 4. The van der Waals surface area contributed by atoms with Gasteiger partial charge in [0.2, 0.25) is 6.10 Å². The number of benzene rings is 2. The summed E-state index contributed by atoms with van der Waals surface area (Å²) in [5.41, 5.74) is 3.60. The molecule has 142 valence electrons. The second kappa shape index (κ2) is 7.98. The van der Waals surface area contributed by atoms with E-state index in [1.807, 2.05) is 60.8 Å². The first-order valence-electron chi connectivity index (χ1n) is 9.32. The molecule has 0 saturated heterocycles. The molecule has 0 aliphatic heterocycles. The topological polar surface area (TPSA) is 55.4 Å². The Morgan fingerprint density at radius 1 is 1.04 bits per heavy atom. The normalized spacial score (nSPS) is 14.3. The highest BCUT2D eigenvalue weighted by atomic mass is 32.1. The molecular weight excluding hydrogens is 370 g/mol. The van der Waals surface area contributed by atoms with Crippen molar-refractivity contribution >= 4 is 23.2 Å². The summed E-state index contributed by atoms with van der Waals surface area (Å²) in [5.74, 6) is -0.749. The molecule has 1 N–H and O–H groups in total. The highest BCUT2D eigenvalue weighted by molar-refractivity contribution is 7.12. The van der Waals surface area contributed by atoms with Crippen LogP contribution in [-0.4, -0.2) is 17.9 Å². The van der Waals surface area contributed by atoms with Crippen molar-refractivity contribution in [1.29, 1.82) is 0 Å². The summed E-state index contributed by atoms with van der Waals surface area (Å²) in [4.78, 5) is 26.2. The van der Waals surface area contributed by atoms with Crippen LogP contribution in [0.1, 0.15) is 39.7 Å². The van der Waals surface area contributed by atoms with Crippen molar-refractivity contribution in [3.63, 3.8) is 0 Å². The Hall–Kier alpha value is -2.92. The van der Waals surface area contributed by atoms with Gasteiger partial charge in [-0.25, -0.2) is 4.79 Å². The van der Waals surface area contributed by atoms with Crippen molar-refractivity contribution in [3.8, 4) is 11.1 Å². The molecule has 1 amide bonds. The zero-order chi connectivity index (χ0) is 19.5. The summed E-state index contributed by atoms with van der Waals surface area (Å²) in [6.07, 6.45) is 0.996. The Kier molecular flexibility index (Phi) is 5.26. The van der Waals surface area contributed by atoms with Gasteiger partial charge in [-0.3, -0.25) is 4.79 Å². The Morgan fingerprint density at radius 2 is 1.75 bits per heavy atom. The molecule has 28 heavy (non-hydrogen) atoms. The maximum absolute atomic E-state index is 13.0. The summed E-state index contributed by atoms with van der Waals surface area (Å²) in [7, 11) is 0. The highest BCUT2D eigenvalue weighted by Gasteiger charge is 2.31. The minimum absolute atomic E-state index is 0.197. The quantitative estimate of drug-likeness (QED) is 0.608. The zero-order valence-electron chi connectivity index (χ0n) is 15.6. The molecule has 0 bridgehead atoms. The molecule has 1 aliphatic rings. The van der Waals surface area contributed by atoms with Gasteiger partial charge in [-0.1, -0.05) is 60.2 Å². The van der Waals surface area contributed by atoms with Crippen molar-refractivity contribution in [2.45, 2.75) is 31.9 Å². The number of rotatable bonds is 6. The molecule has 0 spiro atoms. The first kappa shape index (κ1) is 18.4. The average Bonchev–Trinajstić information content (AvgIpc) is 3.38. The predicted octanol–water partition coefficient (Wildman–Crippen LogP) is 4.90. The first-order chi connectivity index (χ1) is 13.6. The van der Waals surface area contributed by atoms with Gasteiger partial charge in [0.05, 0.1) is 0 Å². The fraction of sp³-hybridized carbons (Fsp3) is 0.217. The monoisotopic (exact) mass is 391 g/mol. The summed E-state index contributed by atoms with van der Waals surface area (Å²) in [5, 5.41) is 4.81. The number of hydrogen-bond donors (Lipinski definition) is 1. The van der Waals surface area contributed by atoms with Crippen LogP contribution in [0.5, 0.6) is 0 Å². The lowest BCUT2D eigenvalue weighted by atomic mass is 10.0. The van der Waals surface area contributed by atoms with E-state index in [-0.39, 0.29) is 11.9 Å². The number of thiophene rings is 1. The fourth-order valence-electron chi connectivity index (χ4n) is 2.99. The predicted molar refractivity (Wildman–Crippen MR) is 110 cm³/mol. The number of aryl methyl sites for hydroxylation is 1. The van der Waals surface area contributed by atoms with Crippen molar-refractivity contribution in [1.82, 2.24) is 5.32 Å². The maximum Gasteiger partial charge on any atom is 0.350 e. The van der Waals surface area contributed by atoms with E-state index in [2.05, 4.69) is 5.32 Å². The van der Waals surface area contributed by atoms with E-state index in [0.29, 0.717) is 10.4 Å². The summed E-state index contributed by atoms with van der Waals surface area (Å²) < 4.78 is 5.72. The van der Waals surface area contributed by atoms with Crippen LogP contribution in [0.15, 0.2) is 66.0 Å². The van der Waals surface area contributed by atoms with Crippen molar-refractivity contribution in [2.75, 3.05) is 0 Å². The third-order valence-electron chi connectivity index (χ3n) is 4.70. The van der Waals surface area contributed by atoms with Crippen molar-refractivity contribution < 1.29 is 14.3 Å². The SMILES string of the molecule is Cc1ccc(-c2ccsc2C(=O)O[C@@H](C(=O)NC2CC2)c2ccccc2)cc1. The fourth-order valence-corrected chi connectivity index (χ4v) is 3.79. The van der Waals surface area contributed by atoms with Gasteiger partial charge in [-0.15, -0.1) is 11.3 Å². The second-order valence-electron chi connectivity index (χ2n) is 7.01. The molecule has 4 rings (SSSR count). The van der Waals surface area contributed by atoms with Gasteiger partial charge in [0.1, 0.15) is 4.88 Å². The lowest BCUT2D eigenvalue weighted by molar-refractivity contribution is -0.130. The second-order valence-corrected chi connectivity index (χ2v) is 7.92. The van der Waals surface area contributed by atoms with Gasteiger partial charge < -0.3 is 10.1 Å². The summed E-state index contributed by atoms with van der Waals surface area (Å²) in [6.45, 7) is 2.02. The lowest BCUT2D eigenvalue weighted by Crippen LogP contribution is -2.33. The van der Waals surface area contributed by atoms with Gasteiger partial charge in [0, 0.05) is 17.2 Å². The molecule has 1 atom stereocenters. The van der Waals surface area contributed by atoms with Crippen LogP contribution in [0.3, 0.4) is 0 Å².